The maximum absolute atomic E-state index is 13.3. The average Bonchev–Trinajstić information content (AvgIpc) is 2.51. The molecule has 1 unspecified atom stereocenters. The van der Waals surface area contributed by atoms with Crippen LogP contribution in [0.5, 0.6) is 0 Å². The Hall–Kier alpha value is -1.93. The molecular formula is C15H13F4NO2S. The van der Waals surface area contributed by atoms with Crippen molar-refractivity contribution in [3.05, 3.63) is 65.2 Å². The van der Waals surface area contributed by atoms with Crippen LogP contribution in [0.3, 0.4) is 0 Å². The quantitative estimate of drug-likeness (QED) is 0.792. The van der Waals surface area contributed by atoms with Crippen LogP contribution in [0.4, 0.5) is 17.6 Å². The van der Waals surface area contributed by atoms with E-state index < -0.39 is 44.2 Å². The fourth-order valence-corrected chi connectivity index (χ4v) is 3.36. The molecule has 0 aliphatic rings. The van der Waals surface area contributed by atoms with Gasteiger partial charge in [0.15, 0.2) is 23.3 Å². The molecule has 0 aliphatic heterocycles. The highest BCUT2D eigenvalue weighted by molar-refractivity contribution is 7.89. The van der Waals surface area contributed by atoms with Crippen LogP contribution in [0.25, 0.3) is 0 Å². The van der Waals surface area contributed by atoms with Gasteiger partial charge in [-0.15, -0.1) is 0 Å². The zero-order chi connectivity index (χ0) is 17.4. The smallest absolute Gasteiger partial charge is 0.207 e. The number of hydrogen-bond acceptors (Lipinski definition) is 2. The van der Waals surface area contributed by atoms with Crippen molar-refractivity contribution in [2.45, 2.75) is 17.9 Å². The summed E-state index contributed by atoms with van der Waals surface area (Å²) in [6.45, 7) is 1.46. The number of nitrogens with zero attached hydrogens (tertiary/aromatic N) is 1. The third-order valence-corrected chi connectivity index (χ3v) is 5.46. The van der Waals surface area contributed by atoms with Crippen molar-refractivity contribution in [3.8, 4) is 0 Å². The van der Waals surface area contributed by atoms with Crippen molar-refractivity contribution in [2.24, 2.45) is 0 Å². The summed E-state index contributed by atoms with van der Waals surface area (Å²) in [4.78, 5) is -0.437. The molecule has 2 aromatic rings. The topological polar surface area (TPSA) is 37.4 Å². The third kappa shape index (κ3) is 3.37. The fourth-order valence-electron chi connectivity index (χ4n) is 1.99. The van der Waals surface area contributed by atoms with E-state index in [-0.39, 0.29) is 5.56 Å². The molecule has 23 heavy (non-hydrogen) atoms. The van der Waals surface area contributed by atoms with Gasteiger partial charge < -0.3 is 0 Å². The van der Waals surface area contributed by atoms with E-state index in [0.717, 1.165) is 22.5 Å². The highest BCUT2D eigenvalue weighted by atomic mass is 32.2. The molecule has 0 saturated carbocycles. The lowest BCUT2D eigenvalue weighted by Gasteiger charge is -2.24. The predicted octanol–water partition coefficient (Wildman–Crippen LogP) is 3.62. The molecule has 0 fully saturated rings. The number of halogens is 4. The van der Waals surface area contributed by atoms with Crippen molar-refractivity contribution >= 4 is 10.0 Å². The third-order valence-electron chi connectivity index (χ3n) is 3.54. The molecule has 2 rings (SSSR count). The maximum atomic E-state index is 13.3. The number of hydrogen-bond donors (Lipinski definition) is 0. The average molecular weight is 347 g/mol. The minimum Gasteiger partial charge on any atom is -0.207 e. The van der Waals surface area contributed by atoms with E-state index in [1.807, 2.05) is 0 Å². The Morgan fingerprint density at radius 1 is 0.870 bits per heavy atom. The first-order chi connectivity index (χ1) is 10.6. The van der Waals surface area contributed by atoms with E-state index in [1.54, 1.807) is 0 Å². The zero-order valence-corrected chi connectivity index (χ0v) is 13.0. The van der Waals surface area contributed by atoms with Gasteiger partial charge in [-0.3, -0.25) is 0 Å². The van der Waals surface area contributed by atoms with E-state index in [0.29, 0.717) is 12.1 Å². The van der Waals surface area contributed by atoms with Crippen LogP contribution < -0.4 is 0 Å². The Bertz CT molecular complexity index is 839. The minimum absolute atomic E-state index is 0.220. The largest absolute Gasteiger partial charge is 0.243 e. The summed E-state index contributed by atoms with van der Waals surface area (Å²) in [7, 11) is -2.93. The maximum Gasteiger partial charge on any atom is 0.243 e. The van der Waals surface area contributed by atoms with Crippen LogP contribution in [0.15, 0.2) is 41.3 Å². The van der Waals surface area contributed by atoms with Gasteiger partial charge in [0.1, 0.15) is 0 Å². The van der Waals surface area contributed by atoms with E-state index in [1.165, 1.54) is 20.0 Å². The molecule has 0 spiro atoms. The summed E-state index contributed by atoms with van der Waals surface area (Å²) in [5.41, 5.74) is 0.220. The summed E-state index contributed by atoms with van der Waals surface area (Å²) < 4.78 is 78.2. The van der Waals surface area contributed by atoms with Crippen LogP contribution >= 0.6 is 0 Å². The Morgan fingerprint density at radius 3 is 1.91 bits per heavy atom. The second-order valence-corrected chi connectivity index (χ2v) is 6.94. The molecule has 0 aliphatic carbocycles. The van der Waals surface area contributed by atoms with Crippen molar-refractivity contribution < 1.29 is 26.0 Å². The molecule has 0 amide bonds. The van der Waals surface area contributed by atoms with Crippen LogP contribution in [0.2, 0.25) is 0 Å². The number of benzene rings is 2. The van der Waals surface area contributed by atoms with Crippen molar-refractivity contribution in [1.29, 1.82) is 0 Å². The van der Waals surface area contributed by atoms with Gasteiger partial charge in [0.2, 0.25) is 10.0 Å². The molecule has 2 aromatic carbocycles. The Labute approximate surface area is 131 Å². The Balaban J connectivity index is 2.38. The minimum atomic E-state index is -4.14. The van der Waals surface area contributed by atoms with E-state index >= 15 is 0 Å². The van der Waals surface area contributed by atoms with Crippen LogP contribution in [0.1, 0.15) is 18.5 Å². The van der Waals surface area contributed by atoms with Crippen LogP contribution in [-0.4, -0.2) is 19.8 Å². The van der Waals surface area contributed by atoms with Crippen LogP contribution in [-0.2, 0) is 10.0 Å². The molecule has 0 saturated heterocycles. The van der Waals surface area contributed by atoms with Gasteiger partial charge in [-0.05, 0) is 42.8 Å². The summed E-state index contributed by atoms with van der Waals surface area (Å²) in [6, 6.07) is 4.39. The second-order valence-electron chi connectivity index (χ2n) is 4.95. The number of sulfonamides is 1. The molecule has 124 valence electrons. The first-order valence-corrected chi connectivity index (χ1v) is 7.96. The molecule has 0 radical (unpaired) electrons. The van der Waals surface area contributed by atoms with Crippen molar-refractivity contribution in [1.82, 2.24) is 4.31 Å². The van der Waals surface area contributed by atoms with E-state index in [2.05, 4.69) is 0 Å². The number of rotatable bonds is 4. The lowest BCUT2D eigenvalue weighted by Crippen LogP contribution is -2.30. The molecule has 0 aromatic heterocycles. The SMILES string of the molecule is CC(c1ccc(F)c(F)c1)N(C)S(=O)(=O)c1ccc(F)c(F)c1. The van der Waals surface area contributed by atoms with Crippen molar-refractivity contribution in [3.63, 3.8) is 0 Å². The highest BCUT2D eigenvalue weighted by Gasteiger charge is 2.27. The van der Waals surface area contributed by atoms with Gasteiger partial charge in [-0.2, -0.15) is 4.31 Å². The Kier molecular flexibility index (Phi) is 4.76. The second kappa shape index (κ2) is 6.29. The summed E-state index contributed by atoms with van der Waals surface area (Å²) >= 11 is 0. The summed E-state index contributed by atoms with van der Waals surface area (Å²) in [5, 5.41) is 0. The van der Waals surface area contributed by atoms with Gasteiger partial charge in [0.05, 0.1) is 4.90 Å². The predicted molar refractivity (Wildman–Crippen MR) is 76.1 cm³/mol. The molecule has 8 heteroatoms. The van der Waals surface area contributed by atoms with Crippen molar-refractivity contribution in [2.75, 3.05) is 7.05 Å². The first-order valence-electron chi connectivity index (χ1n) is 6.52. The molecule has 0 bridgehead atoms. The van der Waals surface area contributed by atoms with Gasteiger partial charge in [-0.25, -0.2) is 26.0 Å². The summed E-state index contributed by atoms with van der Waals surface area (Å²) in [5.74, 6) is -4.61. The van der Waals surface area contributed by atoms with E-state index in [4.69, 9.17) is 0 Å². The van der Waals surface area contributed by atoms with E-state index in [9.17, 15) is 26.0 Å². The molecule has 0 N–H and O–H groups in total. The van der Waals surface area contributed by atoms with Crippen LogP contribution in [0, 0.1) is 23.3 Å². The monoisotopic (exact) mass is 347 g/mol. The lowest BCUT2D eigenvalue weighted by molar-refractivity contribution is 0.395. The lowest BCUT2D eigenvalue weighted by atomic mass is 10.1. The molecular weight excluding hydrogens is 334 g/mol. The van der Waals surface area contributed by atoms with Gasteiger partial charge in [-0.1, -0.05) is 6.07 Å². The highest BCUT2D eigenvalue weighted by Crippen LogP contribution is 2.27. The molecule has 3 nitrogen and oxygen atoms in total. The summed E-state index contributed by atoms with van der Waals surface area (Å²) in [6.07, 6.45) is 0. The molecule has 1 atom stereocenters. The molecule has 0 heterocycles. The first kappa shape index (κ1) is 17.4. The normalized spacial score (nSPS) is 13.3. The Morgan fingerprint density at radius 2 is 1.39 bits per heavy atom. The standard InChI is InChI=1S/C15H13F4NO2S/c1-9(10-3-5-12(16)14(18)7-10)20(2)23(21,22)11-4-6-13(17)15(19)8-11/h3-9H,1-2H3. The van der Waals surface area contributed by atoms with Gasteiger partial charge in [0.25, 0.3) is 0 Å². The van der Waals surface area contributed by atoms with Gasteiger partial charge >= 0.3 is 0 Å². The van der Waals surface area contributed by atoms with Gasteiger partial charge in [0, 0.05) is 13.1 Å². The zero-order valence-electron chi connectivity index (χ0n) is 12.2. The fraction of sp³-hybridized carbons (Fsp3) is 0.200.